The minimum Gasteiger partial charge on any atom is -0.497 e. The number of carbonyl (C=O) groups excluding carboxylic acids is 2. The summed E-state index contributed by atoms with van der Waals surface area (Å²) in [7, 11) is 1.64. The largest absolute Gasteiger partial charge is 0.497 e. The van der Waals surface area contributed by atoms with Gasteiger partial charge in [0.1, 0.15) is 5.75 Å². The second-order valence-electron chi connectivity index (χ2n) is 5.64. The molecule has 0 saturated carbocycles. The SMILES string of the molecule is COc1ccc(CCCOC(=O)c2ccc3c(c2)NC(=O)CS3)cc1. The molecule has 0 saturated heterocycles. The third-order valence-corrected chi connectivity index (χ3v) is 4.92. The summed E-state index contributed by atoms with van der Waals surface area (Å²) in [6.07, 6.45) is 1.57. The molecule has 1 aliphatic heterocycles. The van der Waals surface area contributed by atoms with E-state index >= 15 is 0 Å². The van der Waals surface area contributed by atoms with E-state index in [9.17, 15) is 9.59 Å². The van der Waals surface area contributed by atoms with E-state index in [1.54, 1.807) is 19.2 Å². The standard InChI is InChI=1S/C19H19NO4S/c1-23-15-7-4-13(5-8-15)3-2-10-24-19(22)14-6-9-17-16(11-14)20-18(21)12-25-17/h4-9,11H,2-3,10,12H2,1H3,(H,20,21). The van der Waals surface area contributed by atoms with Crippen LogP contribution in [0.25, 0.3) is 0 Å². The Kier molecular flexibility index (Phi) is 5.60. The van der Waals surface area contributed by atoms with Crippen molar-refractivity contribution in [1.29, 1.82) is 0 Å². The van der Waals surface area contributed by atoms with Crippen LogP contribution in [0.5, 0.6) is 5.75 Å². The second-order valence-corrected chi connectivity index (χ2v) is 6.65. The molecule has 0 bridgehead atoms. The molecule has 0 aliphatic carbocycles. The predicted octanol–water partition coefficient (Wildman–Crippen LogP) is 3.53. The molecule has 1 N–H and O–H groups in total. The van der Waals surface area contributed by atoms with Crippen molar-refractivity contribution in [1.82, 2.24) is 0 Å². The molecule has 130 valence electrons. The molecule has 0 aromatic heterocycles. The lowest BCUT2D eigenvalue weighted by Gasteiger charge is -2.16. The number of thioether (sulfide) groups is 1. The number of hydrogen-bond donors (Lipinski definition) is 1. The number of rotatable bonds is 6. The fourth-order valence-corrected chi connectivity index (χ4v) is 3.32. The zero-order chi connectivity index (χ0) is 17.6. The van der Waals surface area contributed by atoms with Gasteiger partial charge in [-0.2, -0.15) is 0 Å². The average molecular weight is 357 g/mol. The summed E-state index contributed by atoms with van der Waals surface area (Å²) < 4.78 is 10.5. The normalized spacial score (nSPS) is 12.9. The van der Waals surface area contributed by atoms with Crippen molar-refractivity contribution in [3.63, 3.8) is 0 Å². The molecule has 0 radical (unpaired) electrons. The Bertz CT molecular complexity index is 773. The Balaban J connectivity index is 1.49. The van der Waals surface area contributed by atoms with Gasteiger partial charge in [-0.3, -0.25) is 4.79 Å². The van der Waals surface area contributed by atoms with E-state index < -0.39 is 0 Å². The van der Waals surface area contributed by atoms with E-state index in [1.165, 1.54) is 17.3 Å². The lowest BCUT2D eigenvalue weighted by Crippen LogP contribution is -2.19. The molecule has 5 nitrogen and oxygen atoms in total. The van der Waals surface area contributed by atoms with Gasteiger partial charge in [-0.25, -0.2) is 4.79 Å². The van der Waals surface area contributed by atoms with Gasteiger partial charge in [-0.05, 0) is 48.7 Å². The Morgan fingerprint density at radius 2 is 2.00 bits per heavy atom. The van der Waals surface area contributed by atoms with Gasteiger partial charge in [0.05, 0.1) is 30.7 Å². The molecule has 2 aromatic carbocycles. The smallest absolute Gasteiger partial charge is 0.338 e. The molecule has 0 spiro atoms. The molecular weight excluding hydrogens is 338 g/mol. The van der Waals surface area contributed by atoms with Gasteiger partial charge < -0.3 is 14.8 Å². The summed E-state index contributed by atoms with van der Waals surface area (Å²) in [4.78, 5) is 24.6. The summed E-state index contributed by atoms with van der Waals surface area (Å²) in [6, 6.07) is 13.1. The van der Waals surface area contributed by atoms with Gasteiger partial charge in [0.15, 0.2) is 0 Å². The third kappa shape index (κ3) is 4.54. The number of hydrogen-bond acceptors (Lipinski definition) is 5. The fraction of sp³-hybridized carbons (Fsp3) is 0.263. The maximum Gasteiger partial charge on any atom is 0.338 e. The first kappa shape index (κ1) is 17.4. The van der Waals surface area contributed by atoms with Crippen LogP contribution in [0, 0.1) is 0 Å². The van der Waals surface area contributed by atoms with E-state index in [1.807, 2.05) is 30.3 Å². The summed E-state index contributed by atoms with van der Waals surface area (Å²) in [5.74, 6) is 0.806. The van der Waals surface area contributed by atoms with Crippen LogP contribution in [-0.4, -0.2) is 31.3 Å². The minimum absolute atomic E-state index is 0.0532. The molecule has 1 aliphatic rings. The van der Waals surface area contributed by atoms with Crippen molar-refractivity contribution in [3.05, 3.63) is 53.6 Å². The van der Waals surface area contributed by atoms with Gasteiger partial charge in [0.25, 0.3) is 0 Å². The monoisotopic (exact) mass is 357 g/mol. The first-order valence-corrected chi connectivity index (χ1v) is 9.01. The molecule has 25 heavy (non-hydrogen) atoms. The average Bonchev–Trinajstić information content (AvgIpc) is 2.65. The van der Waals surface area contributed by atoms with Gasteiger partial charge in [-0.15, -0.1) is 11.8 Å². The number of ether oxygens (including phenoxy) is 2. The van der Waals surface area contributed by atoms with Crippen LogP contribution < -0.4 is 10.1 Å². The number of methoxy groups -OCH3 is 1. The Labute approximate surface area is 150 Å². The first-order valence-electron chi connectivity index (χ1n) is 8.02. The summed E-state index contributed by atoms with van der Waals surface area (Å²) in [5.41, 5.74) is 2.30. The Hall–Kier alpha value is -2.47. The van der Waals surface area contributed by atoms with Crippen molar-refractivity contribution < 1.29 is 19.1 Å². The van der Waals surface area contributed by atoms with Gasteiger partial charge in [-0.1, -0.05) is 12.1 Å². The summed E-state index contributed by atoms with van der Waals surface area (Å²) >= 11 is 1.47. The van der Waals surface area contributed by atoms with Crippen LogP contribution in [0.1, 0.15) is 22.3 Å². The second kappa shape index (κ2) is 8.07. The van der Waals surface area contributed by atoms with Gasteiger partial charge in [0.2, 0.25) is 5.91 Å². The van der Waals surface area contributed by atoms with Crippen molar-refractivity contribution in [2.75, 3.05) is 24.8 Å². The molecule has 3 rings (SSSR count). The summed E-state index contributed by atoms with van der Waals surface area (Å²) in [5, 5.41) is 2.78. The van der Waals surface area contributed by atoms with E-state index in [4.69, 9.17) is 9.47 Å². The molecule has 2 aromatic rings. The van der Waals surface area contributed by atoms with Crippen molar-refractivity contribution in [2.45, 2.75) is 17.7 Å². The molecule has 0 atom stereocenters. The maximum absolute atomic E-state index is 12.1. The number of nitrogens with one attached hydrogen (secondary N) is 1. The zero-order valence-electron chi connectivity index (χ0n) is 13.9. The van der Waals surface area contributed by atoms with E-state index in [0.29, 0.717) is 23.6 Å². The number of aryl methyl sites for hydroxylation is 1. The highest BCUT2D eigenvalue weighted by Gasteiger charge is 2.17. The molecular formula is C19H19NO4S. The number of anilines is 1. The van der Waals surface area contributed by atoms with Crippen LogP contribution in [0.4, 0.5) is 5.69 Å². The van der Waals surface area contributed by atoms with Crippen molar-refractivity contribution >= 4 is 29.3 Å². The lowest BCUT2D eigenvalue weighted by atomic mass is 10.1. The Morgan fingerprint density at radius 3 is 2.76 bits per heavy atom. The Morgan fingerprint density at radius 1 is 1.20 bits per heavy atom. The van der Waals surface area contributed by atoms with E-state index in [-0.39, 0.29) is 11.9 Å². The van der Waals surface area contributed by atoms with Crippen LogP contribution in [-0.2, 0) is 16.0 Å². The van der Waals surface area contributed by atoms with E-state index in [2.05, 4.69) is 5.32 Å². The highest BCUT2D eigenvalue weighted by Crippen LogP contribution is 2.32. The number of benzene rings is 2. The minimum atomic E-state index is -0.373. The van der Waals surface area contributed by atoms with Crippen LogP contribution in [0.3, 0.4) is 0 Å². The van der Waals surface area contributed by atoms with Gasteiger partial charge >= 0.3 is 5.97 Å². The van der Waals surface area contributed by atoms with Crippen LogP contribution in [0.2, 0.25) is 0 Å². The topological polar surface area (TPSA) is 64.6 Å². The molecule has 0 fully saturated rings. The van der Waals surface area contributed by atoms with Crippen molar-refractivity contribution in [2.24, 2.45) is 0 Å². The first-order chi connectivity index (χ1) is 12.2. The summed E-state index contributed by atoms with van der Waals surface area (Å²) in [6.45, 7) is 0.350. The van der Waals surface area contributed by atoms with Gasteiger partial charge in [0, 0.05) is 4.90 Å². The quantitative estimate of drug-likeness (QED) is 0.633. The third-order valence-electron chi connectivity index (χ3n) is 3.85. The predicted molar refractivity (Wildman–Crippen MR) is 97.4 cm³/mol. The van der Waals surface area contributed by atoms with Crippen LogP contribution >= 0.6 is 11.8 Å². The fourth-order valence-electron chi connectivity index (χ4n) is 2.53. The number of amides is 1. The van der Waals surface area contributed by atoms with Crippen LogP contribution in [0.15, 0.2) is 47.4 Å². The number of esters is 1. The highest BCUT2D eigenvalue weighted by molar-refractivity contribution is 8.00. The number of fused-ring (bicyclic) bond motifs is 1. The molecule has 1 heterocycles. The number of carbonyl (C=O) groups is 2. The molecule has 6 heteroatoms. The highest BCUT2D eigenvalue weighted by atomic mass is 32.2. The van der Waals surface area contributed by atoms with E-state index in [0.717, 1.165) is 23.5 Å². The zero-order valence-corrected chi connectivity index (χ0v) is 14.7. The molecule has 1 amide bonds. The molecule has 0 unspecified atom stereocenters. The maximum atomic E-state index is 12.1. The van der Waals surface area contributed by atoms with Crippen molar-refractivity contribution in [3.8, 4) is 5.75 Å². The lowest BCUT2D eigenvalue weighted by molar-refractivity contribution is -0.113.